The minimum atomic E-state index is -0.240. The first-order valence-corrected chi connectivity index (χ1v) is 10.5. The van der Waals surface area contributed by atoms with Crippen LogP contribution in [0.2, 0.25) is 0 Å². The second-order valence-corrected chi connectivity index (χ2v) is 8.97. The molecule has 1 saturated heterocycles. The number of amides is 1. The van der Waals surface area contributed by atoms with Crippen molar-refractivity contribution in [3.8, 4) is 0 Å². The van der Waals surface area contributed by atoms with Crippen LogP contribution in [0.25, 0.3) is 0 Å². The van der Waals surface area contributed by atoms with E-state index in [0.29, 0.717) is 19.6 Å². The summed E-state index contributed by atoms with van der Waals surface area (Å²) in [6, 6.07) is 10.1. The van der Waals surface area contributed by atoms with E-state index in [-0.39, 0.29) is 18.0 Å². The Labute approximate surface area is 172 Å². The summed E-state index contributed by atoms with van der Waals surface area (Å²) in [5.41, 5.74) is 3.15. The van der Waals surface area contributed by atoms with E-state index in [0.717, 1.165) is 24.3 Å². The number of anilines is 1. The molecule has 2 atom stereocenters. The molecular formula is C20H22N6O2S. The molecule has 3 aromatic rings. The van der Waals surface area contributed by atoms with E-state index in [1.165, 1.54) is 15.3 Å². The summed E-state index contributed by atoms with van der Waals surface area (Å²) in [7, 11) is 0. The Morgan fingerprint density at radius 1 is 1.28 bits per heavy atom. The van der Waals surface area contributed by atoms with Crippen molar-refractivity contribution in [2.24, 2.45) is 0 Å². The molecule has 1 aromatic carbocycles. The summed E-state index contributed by atoms with van der Waals surface area (Å²) >= 11 is 1.77. The maximum Gasteiger partial charge on any atom is 0.241 e. The van der Waals surface area contributed by atoms with Crippen LogP contribution in [0.4, 0.5) is 5.69 Å². The number of ether oxygens (including phenoxy) is 1. The van der Waals surface area contributed by atoms with Crippen LogP contribution in [0.1, 0.15) is 33.3 Å². The third-order valence-electron chi connectivity index (χ3n) is 5.57. The monoisotopic (exact) mass is 410 g/mol. The summed E-state index contributed by atoms with van der Waals surface area (Å²) in [6.07, 6.45) is 2.30. The third-order valence-corrected chi connectivity index (χ3v) is 6.55. The van der Waals surface area contributed by atoms with Crippen molar-refractivity contribution in [2.75, 3.05) is 11.9 Å². The molecule has 0 radical (unpaired) electrons. The molecule has 0 saturated carbocycles. The van der Waals surface area contributed by atoms with Crippen molar-refractivity contribution < 1.29 is 9.53 Å². The lowest BCUT2D eigenvalue weighted by molar-refractivity contribution is -0.120. The van der Waals surface area contributed by atoms with Gasteiger partial charge in [-0.25, -0.2) is 4.68 Å². The third kappa shape index (κ3) is 3.81. The van der Waals surface area contributed by atoms with Gasteiger partial charge in [-0.15, -0.1) is 16.4 Å². The molecule has 0 aliphatic carbocycles. The van der Waals surface area contributed by atoms with Gasteiger partial charge in [0.1, 0.15) is 6.33 Å². The van der Waals surface area contributed by atoms with Crippen molar-refractivity contribution in [2.45, 2.75) is 45.2 Å². The Balaban J connectivity index is 1.35. The van der Waals surface area contributed by atoms with Crippen LogP contribution in [-0.4, -0.2) is 43.6 Å². The zero-order chi connectivity index (χ0) is 19.8. The zero-order valence-electron chi connectivity index (χ0n) is 16.1. The summed E-state index contributed by atoms with van der Waals surface area (Å²) in [4.78, 5) is 18.0. The SMILES string of the molecule is Cc1ccc(CN2C[C@H](n3cnnn3)C[C@H]2C(=O)Nc2ccc3c(c2)COC3)s1. The average molecular weight is 411 g/mol. The van der Waals surface area contributed by atoms with Crippen LogP contribution < -0.4 is 5.32 Å². The molecule has 1 amide bonds. The normalized spacial score (nSPS) is 21.4. The second-order valence-electron chi connectivity index (χ2n) is 7.60. The standard InChI is InChI=1S/C20H22N6O2S/c1-13-2-5-18(29-13)9-25-8-17(26-12-21-23-24-26)7-19(25)20(27)22-16-4-3-14-10-28-11-15(14)6-16/h2-6,12,17,19H,7-11H2,1H3,(H,22,27)/t17-,19+/m1/s1. The Hall–Kier alpha value is -2.62. The number of fused-ring (bicyclic) bond motifs is 1. The number of aryl methyl sites for hydroxylation is 1. The number of carbonyl (C=O) groups is 1. The van der Waals surface area contributed by atoms with Gasteiger partial charge in [0.25, 0.3) is 0 Å². The van der Waals surface area contributed by atoms with Crippen LogP contribution in [-0.2, 0) is 29.3 Å². The lowest BCUT2D eigenvalue weighted by Crippen LogP contribution is -2.39. The number of nitrogens with zero attached hydrogens (tertiary/aromatic N) is 5. The number of likely N-dealkylation sites (tertiary alicyclic amines) is 1. The highest BCUT2D eigenvalue weighted by Crippen LogP contribution is 2.31. The molecule has 0 bridgehead atoms. The molecule has 150 valence electrons. The first kappa shape index (κ1) is 18.4. The molecule has 1 fully saturated rings. The maximum absolute atomic E-state index is 13.2. The van der Waals surface area contributed by atoms with Gasteiger partial charge in [-0.05, 0) is 59.2 Å². The molecule has 2 aliphatic rings. The lowest BCUT2D eigenvalue weighted by Gasteiger charge is -2.23. The van der Waals surface area contributed by atoms with Crippen LogP contribution in [0.5, 0.6) is 0 Å². The molecule has 29 heavy (non-hydrogen) atoms. The van der Waals surface area contributed by atoms with Crippen molar-refractivity contribution >= 4 is 22.9 Å². The summed E-state index contributed by atoms with van der Waals surface area (Å²) in [6.45, 7) is 4.83. The van der Waals surface area contributed by atoms with E-state index in [9.17, 15) is 4.79 Å². The Morgan fingerprint density at radius 2 is 2.17 bits per heavy atom. The van der Waals surface area contributed by atoms with E-state index in [1.54, 1.807) is 22.3 Å². The Kier molecular flexibility index (Phi) is 4.86. The number of hydrogen-bond acceptors (Lipinski definition) is 7. The van der Waals surface area contributed by atoms with Crippen molar-refractivity contribution in [1.29, 1.82) is 0 Å². The van der Waals surface area contributed by atoms with Gasteiger partial charge in [0.15, 0.2) is 0 Å². The topological polar surface area (TPSA) is 85.2 Å². The van der Waals surface area contributed by atoms with Gasteiger partial charge in [-0.2, -0.15) is 0 Å². The summed E-state index contributed by atoms with van der Waals surface area (Å²) < 4.78 is 7.23. The van der Waals surface area contributed by atoms with Gasteiger partial charge < -0.3 is 10.1 Å². The molecule has 2 aromatic heterocycles. The molecule has 5 rings (SSSR count). The predicted octanol–water partition coefficient (Wildman–Crippen LogP) is 2.53. The number of thiophene rings is 1. The highest BCUT2D eigenvalue weighted by Gasteiger charge is 2.38. The highest BCUT2D eigenvalue weighted by atomic mass is 32.1. The summed E-state index contributed by atoms with van der Waals surface area (Å²) in [5.74, 6) is 0.00715. The van der Waals surface area contributed by atoms with E-state index in [4.69, 9.17) is 4.74 Å². The van der Waals surface area contributed by atoms with Gasteiger partial charge in [-0.1, -0.05) is 6.07 Å². The quantitative estimate of drug-likeness (QED) is 0.696. The van der Waals surface area contributed by atoms with Gasteiger partial charge >= 0.3 is 0 Å². The van der Waals surface area contributed by atoms with E-state index < -0.39 is 0 Å². The number of rotatable bonds is 5. The number of benzene rings is 1. The molecular weight excluding hydrogens is 388 g/mol. The van der Waals surface area contributed by atoms with E-state index >= 15 is 0 Å². The first-order chi connectivity index (χ1) is 14.2. The van der Waals surface area contributed by atoms with Gasteiger partial charge in [0, 0.05) is 28.5 Å². The maximum atomic E-state index is 13.2. The van der Waals surface area contributed by atoms with E-state index in [2.05, 4.69) is 44.8 Å². The predicted molar refractivity (Wildman–Crippen MR) is 108 cm³/mol. The van der Waals surface area contributed by atoms with Gasteiger partial charge in [-0.3, -0.25) is 9.69 Å². The second kappa shape index (κ2) is 7.66. The van der Waals surface area contributed by atoms with E-state index in [1.807, 2.05) is 18.2 Å². The minimum Gasteiger partial charge on any atom is -0.372 e. The molecule has 2 aliphatic heterocycles. The number of tetrazole rings is 1. The fourth-order valence-corrected chi connectivity index (χ4v) is 5.02. The number of aromatic nitrogens is 4. The molecule has 8 nitrogen and oxygen atoms in total. The van der Waals surface area contributed by atoms with Crippen LogP contribution >= 0.6 is 11.3 Å². The largest absolute Gasteiger partial charge is 0.372 e. The smallest absolute Gasteiger partial charge is 0.241 e. The van der Waals surface area contributed by atoms with Crippen molar-refractivity contribution in [3.05, 3.63) is 57.5 Å². The van der Waals surface area contributed by atoms with Gasteiger partial charge in [0.2, 0.25) is 5.91 Å². The summed E-state index contributed by atoms with van der Waals surface area (Å²) in [5, 5.41) is 14.7. The minimum absolute atomic E-state index is 0.00715. The molecule has 4 heterocycles. The fourth-order valence-electron chi connectivity index (χ4n) is 4.10. The van der Waals surface area contributed by atoms with Crippen LogP contribution in [0, 0.1) is 6.92 Å². The van der Waals surface area contributed by atoms with Gasteiger partial charge in [0.05, 0.1) is 25.3 Å². The first-order valence-electron chi connectivity index (χ1n) is 9.68. The Morgan fingerprint density at radius 3 is 2.97 bits per heavy atom. The molecule has 0 unspecified atom stereocenters. The number of hydrogen-bond donors (Lipinski definition) is 1. The molecule has 1 N–H and O–H groups in total. The highest BCUT2D eigenvalue weighted by molar-refractivity contribution is 7.11. The zero-order valence-corrected chi connectivity index (χ0v) is 16.9. The fraction of sp³-hybridized carbons (Fsp3) is 0.400. The van der Waals surface area contributed by atoms with Crippen LogP contribution in [0.15, 0.2) is 36.7 Å². The van der Waals surface area contributed by atoms with Crippen LogP contribution in [0.3, 0.4) is 0 Å². The number of carbonyl (C=O) groups excluding carboxylic acids is 1. The average Bonchev–Trinajstić information content (AvgIpc) is 3.49. The van der Waals surface area contributed by atoms with Crippen molar-refractivity contribution in [1.82, 2.24) is 25.1 Å². The number of nitrogens with one attached hydrogen (secondary N) is 1. The molecule has 0 spiro atoms. The van der Waals surface area contributed by atoms with Crippen molar-refractivity contribution in [3.63, 3.8) is 0 Å². The Bertz CT molecular complexity index is 1020. The lowest BCUT2D eigenvalue weighted by atomic mass is 10.1. The molecule has 9 heteroatoms.